The molecule has 0 bridgehead atoms. The van der Waals surface area contributed by atoms with Crippen molar-refractivity contribution in [3.8, 4) is 0 Å². The van der Waals surface area contributed by atoms with Gasteiger partial charge in [-0.3, -0.25) is 10.1 Å². The van der Waals surface area contributed by atoms with Gasteiger partial charge in [0, 0.05) is 25.2 Å². The van der Waals surface area contributed by atoms with Crippen LogP contribution >= 0.6 is 15.9 Å². The molecular formula is C12H17BrFN3O2. The second-order valence-corrected chi connectivity index (χ2v) is 4.85. The van der Waals surface area contributed by atoms with E-state index in [0.717, 1.165) is 25.7 Å². The largest absolute Gasteiger partial charge is 0.378 e. The van der Waals surface area contributed by atoms with E-state index in [-0.39, 0.29) is 15.8 Å². The average molecular weight is 334 g/mol. The Bertz CT molecular complexity index is 453. The maximum atomic E-state index is 13.4. The van der Waals surface area contributed by atoms with Crippen LogP contribution in [0.25, 0.3) is 0 Å². The van der Waals surface area contributed by atoms with Crippen LogP contribution in [0.5, 0.6) is 0 Å². The number of rotatable bonds is 7. The Balaban J connectivity index is 2.77. The number of nitrogens with zero attached hydrogens (tertiary/aromatic N) is 2. The predicted octanol–water partition coefficient (Wildman–Crippen LogP) is 3.25. The van der Waals surface area contributed by atoms with Gasteiger partial charge in [0.25, 0.3) is 5.69 Å². The summed E-state index contributed by atoms with van der Waals surface area (Å²) in [6, 6.07) is 2.32. The SMILES string of the molecule is CCN(CC)CCNc1cc(F)c(Br)cc1[N+](=O)[O-]. The monoisotopic (exact) mass is 333 g/mol. The van der Waals surface area contributed by atoms with E-state index in [1.165, 1.54) is 6.07 Å². The Labute approximate surface area is 120 Å². The molecule has 0 radical (unpaired) electrons. The van der Waals surface area contributed by atoms with Crippen molar-refractivity contribution < 1.29 is 9.31 Å². The molecule has 1 aromatic rings. The third-order valence-corrected chi connectivity index (χ3v) is 3.48. The quantitative estimate of drug-likeness (QED) is 0.614. The van der Waals surface area contributed by atoms with Gasteiger partial charge in [-0.05, 0) is 29.0 Å². The zero-order valence-corrected chi connectivity index (χ0v) is 12.5. The normalized spacial score (nSPS) is 10.8. The summed E-state index contributed by atoms with van der Waals surface area (Å²) in [5.74, 6) is -0.518. The van der Waals surface area contributed by atoms with E-state index in [1.807, 2.05) is 13.8 Å². The van der Waals surface area contributed by atoms with Crippen molar-refractivity contribution in [2.75, 3.05) is 31.5 Å². The topological polar surface area (TPSA) is 58.4 Å². The van der Waals surface area contributed by atoms with Crippen molar-refractivity contribution in [2.24, 2.45) is 0 Å². The van der Waals surface area contributed by atoms with Gasteiger partial charge >= 0.3 is 0 Å². The summed E-state index contributed by atoms with van der Waals surface area (Å²) in [6.45, 7) is 7.20. The molecule has 0 fully saturated rings. The average Bonchev–Trinajstić information content (AvgIpc) is 2.38. The van der Waals surface area contributed by atoms with Gasteiger partial charge in [0.2, 0.25) is 0 Å². The highest BCUT2D eigenvalue weighted by Crippen LogP contribution is 2.30. The fraction of sp³-hybridized carbons (Fsp3) is 0.500. The molecular weight excluding hydrogens is 317 g/mol. The molecule has 5 nitrogen and oxygen atoms in total. The van der Waals surface area contributed by atoms with Crippen LogP contribution in [0.4, 0.5) is 15.8 Å². The maximum Gasteiger partial charge on any atom is 0.293 e. The van der Waals surface area contributed by atoms with Crippen LogP contribution in [-0.2, 0) is 0 Å². The Kier molecular flexibility index (Phi) is 6.17. The fourth-order valence-corrected chi connectivity index (χ4v) is 2.05. The zero-order chi connectivity index (χ0) is 14.4. The van der Waals surface area contributed by atoms with E-state index in [2.05, 4.69) is 26.1 Å². The van der Waals surface area contributed by atoms with E-state index >= 15 is 0 Å². The van der Waals surface area contributed by atoms with Crippen molar-refractivity contribution in [3.05, 3.63) is 32.5 Å². The summed E-state index contributed by atoms with van der Waals surface area (Å²) in [5.41, 5.74) is 0.0747. The first-order chi connectivity index (χ1) is 8.99. The number of hydrogen-bond acceptors (Lipinski definition) is 4. The minimum absolute atomic E-state index is 0.0912. The molecule has 0 spiro atoms. The summed E-state index contributed by atoms with van der Waals surface area (Å²) in [4.78, 5) is 12.6. The summed E-state index contributed by atoms with van der Waals surface area (Å²) < 4.78 is 13.5. The molecule has 1 rings (SSSR count). The van der Waals surface area contributed by atoms with E-state index in [0.29, 0.717) is 6.54 Å². The number of nitrogens with one attached hydrogen (secondary N) is 1. The van der Waals surface area contributed by atoms with Crippen LogP contribution in [0.15, 0.2) is 16.6 Å². The molecule has 1 N–H and O–H groups in total. The minimum Gasteiger partial charge on any atom is -0.378 e. The summed E-state index contributed by atoms with van der Waals surface area (Å²) in [6.07, 6.45) is 0. The number of likely N-dealkylation sites (N-methyl/N-ethyl adjacent to an activating group) is 1. The van der Waals surface area contributed by atoms with E-state index in [4.69, 9.17) is 0 Å². The van der Waals surface area contributed by atoms with Crippen LogP contribution in [0.3, 0.4) is 0 Å². The summed E-state index contributed by atoms with van der Waals surface area (Å²) in [5, 5.41) is 13.8. The number of nitro benzene ring substituents is 1. The van der Waals surface area contributed by atoms with Gasteiger partial charge in [-0.1, -0.05) is 13.8 Å². The second kappa shape index (κ2) is 7.40. The first-order valence-corrected chi connectivity index (χ1v) is 6.88. The highest BCUT2D eigenvalue weighted by atomic mass is 79.9. The van der Waals surface area contributed by atoms with Crippen molar-refractivity contribution in [1.29, 1.82) is 0 Å². The van der Waals surface area contributed by atoms with Gasteiger partial charge in [-0.25, -0.2) is 4.39 Å². The third kappa shape index (κ3) is 4.43. The van der Waals surface area contributed by atoms with Crippen LogP contribution in [0, 0.1) is 15.9 Å². The zero-order valence-electron chi connectivity index (χ0n) is 10.9. The van der Waals surface area contributed by atoms with Crippen LogP contribution in [0.1, 0.15) is 13.8 Å². The number of benzene rings is 1. The lowest BCUT2D eigenvalue weighted by Crippen LogP contribution is -2.28. The molecule has 0 aliphatic carbocycles. The molecule has 0 aliphatic rings. The fourth-order valence-electron chi connectivity index (χ4n) is 1.72. The molecule has 1 aromatic carbocycles. The van der Waals surface area contributed by atoms with Crippen LogP contribution in [0.2, 0.25) is 0 Å². The lowest BCUT2D eigenvalue weighted by Gasteiger charge is -2.18. The Morgan fingerprint density at radius 3 is 2.58 bits per heavy atom. The number of anilines is 1. The number of nitro groups is 1. The van der Waals surface area contributed by atoms with E-state index in [1.54, 1.807) is 0 Å². The molecule has 0 heterocycles. The first-order valence-electron chi connectivity index (χ1n) is 6.09. The van der Waals surface area contributed by atoms with Crippen LogP contribution in [-0.4, -0.2) is 36.0 Å². The van der Waals surface area contributed by atoms with Gasteiger partial charge in [-0.15, -0.1) is 0 Å². The van der Waals surface area contributed by atoms with Gasteiger partial charge < -0.3 is 10.2 Å². The Hall–Kier alpha value is -1.21. The number of hydrogen-bond donors (Lipinski definition) is 1. The number of halogens is 2. The highest BCUT2D eigenvalue weighted by Gasteiger charge is 2.17. The van der Waals surface area contributed by atoms with Gasteiger partial charge in [-0.2, -0.15) is 0 Å². The van der Waals surface area contributed by atoms with E-state index in [9.17, 15) is 14.5 Å². The van der Waals surface area contributed by atoms with Crippen LogP contribution < -0.4 is 5.32 Å². The molecule has 0 aliphatic heterocycles. The van der Waals surface area contributed by atoms with Gasteiger partial charge in [0.05, 0.1) is 9.40 Å². The van der Waals surface area contributed by atoms with E-state index < -0.39 is 10.7 Å². The standard InChI is InChI=1S/C12H17BrFN3O2/c1-3-16(4-2)6-5-15-11-8-10(14)9(13)7-12(11)17(18)19/h7-8,15H,3-6H2,1-2H3. The van der Waals surface area contributed by atoms with Crippen molar-refractivity contribution in [3.63, 3.8) is 0 Å². The minimum atomic E-state index is -0.524. The molecule has 106 valence electrons. The summed E-state index contributed by atoms with van der Waals surface area (Å²) in [7, 11) is 0. The second-order valence-electron chi connectivity index (χ2n) is 3.99. The molecule has 19 heavy (non-hydrogen) atoms. The summed E-state index contributed by atoms with van der Waals surface area (Å²) >= 11 is 2.95. The lowest BCUT2D eigenvalue weighted by molar-refractivity contribution is -0.384. The molecule has 0 atom stereocenters. The molecule has 0 amide bonds. The smallest absolute Gasteiger partial charge is 0.293 e. The third-order valence-electron chi connectivity index (χ3n) is 2.87. The van der Waals surface area contributed by atoms with Gasteiger partial charge in [0.1, 0.15) is 11.5 Å². The molecule has 0 aromatic heterocycles. The lowest BCUT2D eigenvalue weighted by atomic mass is 10.2. The van der Waals surface area contributed by atoms with Crippen molar-refractivity contribution in [2.45, 2.75) is 13.8 Å². The van der Waals surface area contributed by atoms with Crippen molar-refractivity contribution in [1.82, 2.24) is 4.90 Å². The molecule has 7 heteroatoms. The molecule has 0 saturated heterocycles. The Morgan fingerprint density at radius 2 is 2.05 bits per heavy atom. The van der Waals surface area contributed by atoms with Gasteiger partial charge in [0.15, 0.2) is 0 Å². The van der Waals surface area contributed by atoms with Crippen molar-refractivity contribution >= 4 is 27.3 Å². The Morgan fingerprint density at radius 1 is 1.42 bits per heavy atom. The highest BCUT2D eigenvalue weighted by molar-refractivity contribution is 9.10. The predicted molar refractivity (Wildman–Crippen MR) is 77.0 cm³/mol. The molecule has 0 saturated carbocycles. The molecule has 0 unspecified atom stereocenters. The first kappa shape index (κ1) is 15.8. The maximum absolute atomic E-state index is 13.4.